The molecular weight excluding hydrogens is 356 g/mol. The zero-order valence-electron chi connectivity index (χ0n) is 16.6. The highest BCUT2D eigenvalue weighted by Crippen LogP contribution is 2.29. The summed E-state index contributed by atoms with van der Waals surface area (Å²) in [5, 5.41) is 11.3. The molecule has 2 fully saturated rings. The summed E-state index contributed by atoms with van der Waals surface area (Å²) < 4.78 is 0. The van der Waals surface area contributed by atoms with Crippen LogP contribution in [0, 0.1) is 0 Å². The molecule has 3 aliphatic rings. The first-order valence-electron chi connectivity index (χ1n) is 10.5. The highest BCUT2D eigenvalue weighted by molar-refractivity contribution is 7.80. The molecule has 1 aromatic rings. The fourth-order valence-electron chi connectivity index (χ4n) is 4.21. The van der Waals surface area contributed by atoms with Gasteiger partial charge in [-0.1, -0.05) is 0 Å². The van der Waals surface area contributed by atoms with Crippen LogP contribution < -0.4 is 20.9 Å². The summed E-state index contributed by atoms with van der Waals surface area (Å²) in [7, 11) is 4.16. The molecule has 27 heavy (non-hydrogen) atoms. The molecule has 0 amide bonds. The van der Waals surface area contributed by atoms with Gasteiger partial charge < -0.3 is 20.9 Å². The zero-order valence-corrected chi connectivity index (χ0v) is 17.4. The number of rotatable bonds is 5. The minimum Gasteiger partial charge on any atom is -0.362 e. The van der Waals surface area contributed by atoms with Crippen LogP contribution in [0.15, 0.2) is 0 Å². The zero-order chi connectivity index (χ0) is 18.8. The fourth-order valence-corrected chi connectivity index (χ4v) is 4.55. The Morgan fingerprint density at radius 2 is 1.48 bits per heavy atom. The summed E-state index contributed by atoms with van der Waals surface area (Å²) in [4.78, 5) is 11.8. The first-order valence-corrected chi connectivity index (χ1v) is 10.9. The average Bonchev–Trinajstić information content (AvgIpc) is 3.46. The lowest BCUT2D eigenvalue weighted by molar-refractivity contribution is 0.385. The SMILES string of the molecule is CN(C)c1nc(N[C@H]2CC[C@@H](NC(=S)NC3CC3)CC2)nc2c1CCCC2. The summed E-state index contributed by atoms with van der Waals surface area (Å²) >= 11 is 5.42. The Morgan fingerprint density at radius 1 is 0.889 bits per heavy atom. The predicted molar refractivity (Wildman–Crippen MR) is 115 cm³/mol. The van der Waals surface area contributed by atoms with Gasteiger partial charge >= 0.3 is 0 Å². The van der Waals surface area contributed by atoms with E-state index in [0.717, 1.165) is 55.4 Å². The number of aromatic nitrogens is 2. The van der Waals surface area contributed by atoms with E-state index < -0.39 is 0 Å². The van der Waals surface area contributed by atoms with Crippen molar-refractivity contribution in [3.05, 3.63) is 11.3 Å². The topological polar surface area (TPSA) is 65.1 Å². The van der Waals surface area contributed by atoms with E-state index in [9.17, 15) is 0 Å². The Balaban J connectivity index is 1.33. The third-order valence-electron chi connectivity index (χ3n) is 5.89. The van der Waals surface area contributed by atoms with Crippen LogP contribution in [0.1, 0.15) is 62.6 Å². The van der Waals surface area contributed by atoms with Crippen LogP contribution in [0.4, 0.5) is 11.8 Å². The van der Waals surface area contributed by atoms with Crippen molar-refractivity contribution in [3.63, 3.8) is 0 Å². The van der Waals surface area contributed by atoms with E-state index in [-0.39, 0.29) is 0 Å². The van der Waals surface area contributed by atoms with Gasteiger partial charge in [0.05, 0.1) is 5.69 Å². The van der Waals surface area contributed by atoms with Crippen LogP contribution in [-0.4, -0.2) is 47.3 Å². The molecule has 1 aromatic heterocycles. The van der Waals surface area contributed by atoms with Crippen molar-refractivity contribution in [1.29, 1.82) is 0 Å². The van der Waals surface area contributed by atoms with Gasteiger partial charge in [-0.25, -0.2) is 4.98 Å². The second-order valence-corrected chi connectivity index (χ2v) is 8.89. The van der Waals surface area contributed by atoms with Gasteiger partial charge in [-0.15, -0.1) is 0 Å². The second kappa shape index (κ2) is 8.17. The molecule has 3 N–H and O–H groups in total. The van der Waals surface area contributed by atoms with E-state index in [1.807, 2.05) is 0 Å². The van der Waals surface area contributed by atoms with Crippen molar-refractivity contribution in [2.75, 3.05) is 24.3 Å². The van der Waals surface area contributed by atoms with Crippen LogP contribution in [0.25, 0.3) is 0 Å². The van der Waals surface area contributed by atoms with Crippen LogP contribution >= 0.6 is 12.2 Å². The Labute approximate surface area is 167 Å². The standard InChI is InChI=1S/C20H32N6S/c1-26(2)18-16-5-3-4-6-17(16)24-19(25-18)21-13-7-9-14(10-8-13)22-20(27)23-15-11-12-15/h13-15H,3-12H2,1-2H3,(H,21,24,25)(H2,22,23,27)/t13-,14+. The quantitative estimate of drug-likeness (QED) is 0.670. The lowest BCUT2D eigenvalue weighted by Gasteiger charge is -2.31. The van der Waals surface area contributed by atoms with Gasteiger partial charge in [0.2, 0.25) is 5.95 Å². The monoisotopic (exact) mass is 388 g/mol. The summed E-state index contributed by atoms with van der Waals surface area (Å²) in [6, 6.07) is 1.56. The summed E-state index contributed by atoms with van der Waals surface area (Å²) in [5.41, 5.74) is 2.59. The lowest BCUT2D eigenvalue weighted by Crippen LogP contribution is -2.45. The maximum atomic E-state index is 5.42. The second-order valence-electron chi connectivity index (χ2n) is 8.48. The molecule has 0 atom stereocenters. The van der Waals surface area contributed by atoms with Crippen LogP contribution in [0.5, 0.6) is 0 Å². The van der Waals surface area contributed by atoms with Gasteiger partial charge in [-0.2, -0.15) is 4.98 Å². The molecule has 0 aliphatic heterocycles. The molecule has 1 heterocycles. The summed E-state index contributed by atoms with van der Waals surface area (Å²) in [5.74, 6) is 1.90. The smallest absolute Gasteiger partial charge is 0.225 e. The third kappa shape index (κ3) is 4.81. The molecule has 0 saturated heterocycles. The molecule has 3 aliphatic carbocycles. The van der Waals surface area contributed by atoms with Crippen LogP contribution in [-0.2, 0) is 12.8 Å². The molecular formula is C20H32N6S. The van der Waals surface area contributed by atoms with Gasteiger partial charge in [0.25, 0.3) is 0 Å². The van der Waals surface area contributed by atoms with Crippen LogP contribution in [0.2, 0.25) is 0 Å². The maximum absolute atomic E-state index is 5.42. The number of nitrogens with one attached hydrogen (secondary N) is 3. The molecule has 4 rings (SSSR count). The number of thiocarbonyl (C=S) groups is 1. The number of nitrogens with zero attached hydrogens (tertiary/aromatic N) is 3. The number of hydrogen-bond acceptors (Lipinski definition) is 5. The van der Waals surface area contributed by atoms with Crippen molar-refractivity contribution >= 4 is 29.1 Å². The highest BCUT2D eigenvalue weighted by atomic mass is 32.1. The molecule has 0 spiro atoms. The van der Waals surface area contributed by atoms with E-state index in [1.165, 1.54) is 36.9 Å². The molecule has 0 unspecified atom stereocenters. The van der Waals surface area contributed by atoms with E-state index in [2.05, 4.69) is 34.9 Å². The number of fused-ring (bicyclic) bond motifs is 1. The van der Waals surface area contributed by atoms with E-state index in [1.54, 1.807) is 0 Å². The van der Waals surface area contributed by atoms with E-state index in [0.29, 0.717) is 18.1 Å². The average molecular weight is 389 g/mol. The minimum atomic E-state index is 0.449. The number of anilines is 2. The van der Waals surface area contributed by atoms with Gasteiger partial charge in [0.15, 0.2) is 5.11 Å². The first-order chi connectivity index (χ1) is 13.1. The first kappa shape index (κ1) is 18.7. The highest BCUT2D eigenvalue weighted by Gasteiger charge is 2.26. The Bertz CT molecular complexity index is 679. The molecule has 2 saturated carbocycles. The molecule has 6 nitrogen and oxygen atoms in total. The van der Waals surface area contributed by atoms with Crippen molar-refractivity contribution in [2.24, 2.45) is 0 Å². The lowest BCUT2D eigenvalue weighted by atomic mass is 9.91. The Kier molecular flexibility index (Phi) is 5.66. The molecule has 148 valence electrons. The summed E-state index contributed by atoms with van der Waals surface area (Å²) in [6.45, 7) is 0. The predicted octanol–water partition coefficient (Wildman–Crippen LogP) is 2.77. The van der Waals surface area contributed by atoms with Crippen molar-refractivity contribution < 1.29 is 0 Å². The molecule has 0 bridgehead atoms. The maximum Gasteiger partial charge on any atom is 0.225 e. The van der Waals surface area contributed by atoms with E-state index >= 15 is 0 Å². The number of aryl methyl sites for hydroxylation is 1. The Morgan fingerprint density at radius 3 is 2.11 bits per heavy atom. The normalized spacial score (nSPS) is 24.7. The van der Waals surface area contributed by atoms with Gasteiger partial charge in [-0.3, -0.25) is 0 Å². The van der Waals surface area contributed by atoms with Gasteiger partial charge in [0, 0.05) is 37.8 Å². The van der Waals surface area contributed by atoms with Crippen LogP contribution in [0.3, 0.4) is 0 Å². The molecule has 7 heteroatoms. The van der Waals surface area contributed by atoms with Crippen molar-refractivity contribution in [3.8, 4) is 0 Å². The molecule has 0 aromatic carbocycles. The van der Waals surface area contributed by atoms with Gasteiger partial charge in [0.1, 0.15) is 5.82 Å². The molecule has 0 radical (unpaired) electrons. The minimum absolute atomic E-state index is 0.449. The van der Waals surface area contributed by atoms with Crippen molar-refractivity contribution in [1.82, 2.24) is 20.6 Å². The fraction of sp³-hybridized carbons (Fsp3) is 0.750. The Hall–Kier alpha value is -1.63. The summed E-state index contributed by atoms with van der Waals surface area (Å²) in [6.07, 6.45) is 11.7. The van der Waals surface area contributed by atoms with Crippen molar-refractivity contribution in [2.45, 2.75) is 82.3 Å². The third-order valence-corrected chi connectivity index (χ3v) is 6.13. The largest absolute Gasteiger partial charge is 0.362 e. The van der Waals surface area contributed by atoms with E-state index in [4.69, 9.17) is 22.2 Å². The number of hydrogen-bond donors (Lipinski definition) is 3. The van der Waals surface area contributed by atoms with Gasteiger partial charge in [-0.05, 0) is 76.4 Å².